The second-order valence-corrected chi connectivity index (χ2v) is 10.5. The Balaban J connectivity index is 2.24. The summed E-state index contributed by atoms with van der Waals surface area (Å²) in [5.74, 6) is 0.455. The van der Waals surface area contributed by atoms with Crippen molar-refractivity contribution in [1.29, 1.82) is 0 Å². The maximum Gasteiger partial charge on any atom is 0.338 e. The highest BCUT2D eigenvalue weighted by molar-refractivity contribution is 5.93. The van der Waals surface area contributed by atoms with Crippen LogP contribution in [0.5, 0.6) is 34.5 Å². The fraction of sp³-hybridized carbons (Fsp3) is 0.562. The SMILES string of the molecule is CC[C@@H](CN(C)CCN(C)[C@@](C)(CC)c1c(C(=O)O)cc(OC)c(OC)c1OC)OC(=O)c1cc(OC)c(OC)c(OC)c1. The highest BCUT2D eigenvalue weighted by atomic mass is 16.6. The van der Waals surface area contributed by atoms with Gasteiger partial charge in [0, 0.05) is 30.7 Å². The third-order valence-electron chi connectivity index (χ3n) is 8.09. The van der Waals surface area contributed by atoms with Crippen molar-refractivity contribution in [3.05, 3.63) is 34.9 Å². The van der Waals surface area contributed by atoms with Gasteiger partial charge in [0.2, 0.25) is 11.5 Å². The van der Waals surface area contributed by atoms with Crippen molar-refractivity contribution >= 4 is 11.9 Å². The first kappa shape index (κ1) is 36.3. The van der Waals surface area contributed by atoms with Crippen molar-refractivity contribution in [2.75, 3.05) is 76.4 Å². The van der Waals surface area contributed by atoms with Crippen molar-refractivity contribution in [2.24, 2.45) is 0 Å². The van der Waals surface area contributed by atoms with E-state index in [1.807, 2.05) is 34.9 Å². The number of esters is 1. The average Bonchev–Trinajstić information content (AvgIpc) is 3.03. The van der Waals surface area contributed by atoms with Crippen LogP contribution in [0.25, 0.3) is 0 Å². The van der Waals surface area contributed by atoms with Crippen molar-refractivity contribution in [2.45, 2.75) is 45.3 Å². The molecule has 2 atom stereocenters. The van der Waals surface area contributed by atoms with E-state index >= 15 is 0 Å². The van der Waals surface area contributed by atoms with Crippen LogP contribution >= 0.6 is 0 Å². The summed E-state index contributed by atoms with van der Waals surface area (Å²) in [7, 11) is 12.8. The molecule has 12 nitrogen and oxygen atoms in total. The second-order valence-electron chi connectivity index (χ2n) is 10.5. The highest BCUT2D eigenvalue weighted by Gasteiger charge is 2.39. The molecule has 0 fully saturated rings. The van der Waals surface area contributed by atoms with E-state index in [1.165, 1.54) is 48.7 Å². The highest BCUT2D eigenvalue weighted by Crippen LogP contribution is 2.48. The topological polar surface area (TPSA) is 125 Å². The maximum absolute atomic E-state index is 13.1. The first-order chi connectivity index (χ1) is 20.9. The predicted molar refractivity (Wildman–Crippen MR) is 166 cm³/mol. The van der Waals surface area contributed by atoms with Crippen LogP contribution in [0.15, 0.2) is 18.2 Å². The van der Waals surface area contributed by atoms with Crippen LogP contribution in [-0.2, 0) is 10.3 Å². The molecule has 1 N–H and O–H groups in total. The molecule has 2 aromatic rings. The van der Waals surface area contributed by atoms with E-state index in [-0.39, 0.29) is 23.0 Å². The van der Waals surface area contributed by atoms with Crippen molar-refractivity contribution in [3.63, 3.8) is 0 Å². The third kappa shape index (κ3) is 7.78. The zero-order valence-corrected chi connectivity index (χ0v) is 27.9. The average molecular weight is 621 g/mol. The van der Waals surface area contributed by atoms with Crippen LogP contribution in [0.1, 0.15) is 59.9 Å². The number of benzene rings is 2. The minimum absolute atomic E-state index is 0.0776. The van der Waals surface area contributed by atoms with Gasteiger partial charge in [-0.15, -0.1) is 0 Å². The van der Waals surface area contributed by atoms with E-state index in [0.29, 0.717) is 66.8 Å². The molecule has 0 bridgehead atoms. The van der Waals surface area contributed by atoms with Crippen molar-refractivity contribution < 1.29 is 47.9 Å². The standard InChI is InChI=1S/C32H48N2O10/c1-12-21(44-31(37)20-16-23(38-6)27(41-9)24(17-20)39-7)19-33(4)14-15-34(5)32(3,13-2)26-22(30(35)36)18-25(40-8)28(42-10)29(26)43-11/h16-18,21H,12-15,19H2,1-11H3,(H,35,36)/t21-,32-/m0/s1. The molecule has 0 aliphatic heterocycles. The van der Waals surface area contributed by atoms with Crippen LogP contribution in [0.2, 0.25) is 0 Å². The zero-order chi connectivity index (χ0) is 33.2. The van der Waals surface area contributed by atoms with Gasteiger partial charge < -0.3 is 43.2 Å². The Kier molecular flexibility index (Phi) is 13.4. The number of carboxylic acid groups (broad SMARTS) is 1. The number of nitrogens with zero attached hydrogens (tertiary/aromatic N) is 2. The van der Waals surface area contributed by atoms with Gasteiger partial charge in [-0.05, 0) is 52.1 Å². The quantitative estimate of drug-likeness (QED) is 0.235. The smallest absolute Gasteiger partial charge is 0.338 e. The van der Waals surface area contributed by atoms with Crippen LogP contribution in [-0.4, -0.2) is 109 Å². The number of likely N-dealkylation sites (N-methyl/N-ethyl adjacent to an activating group) is 2. The van der Waals surface area contributed by atoms with E-state index in [9.17, 15) is 14.7 Å². The first-order valence-corrected chi connectivity index (χ1v) is 14.4. The molecule has 0 aromatic heterocycles. The number of carbonyl (C=O) groups excluding carboxylic acids is 1. The van der Waals surface area contributed by atoms with E-state index in [2.05, 4.69) is 9.80 Å². The molecule has 0 saturated carbocycles. The molecule has 0 saturated heterocycles. The van der Waals surface area contributed by atoms with Gasteiger partial charge in [-0.25, -0.2) is 9.59 Å². The fourth-order valence-corrected chi connectivity index (χ4v) is 5.17. The Morgan fingerprint density at radius 2 is 1.32 bits per heavy atom. The van der Waals surface area contributed by atoms with E-state index in [4.69, 9.17) is 33.2 Å². The summed E-state index contributed by atoms with van der Waals surface area (Å²) < 4.78 is 38.7. The molecule has 0 spiro atoms. The van der Waals surface area contributed by atoms with Crippen molar-refractivity contribution in [3.8, 4) is 34.5 Å². The Labute approximate surface area is 260 Å². The van der Waals surface area contributed by atoms with Crippen molar-refractivity contribution in [1.82, 2.24) is 9.80 Å². The predicted octanol–water partition coefficient (Wildman–Crippen LogP) is 4.56. The monoisotopic (exact) mass is 620 g/mol. The minimum Gasteiger partial charge on any atom is -0.493 e. The summed E-state index contributed by atoms with van der Waals surface area (Å²) in [6.07, 6.45) is 0.816. The molecular weight excluding hydrogens is 572 g/mol. The number of methoxy groups -OCH3 is 6. The first-order valence-electron chi connectivity index (χ1n) is 14.4. The molecule has 246 valence electrons. The van der Waals surface area contributed by atoms with E-state index in [0.717, 1.165) is 0 Å². The number of carbonyl (C=O) groups is 2. The summed E-state index contributed by atoms with van der Waals surface area (Å²) in [5, 5.41) is 10.2. The molecule has 2 rings (SSSR count). The van der Waals surface area contributed by atoms with Gasteiger partial charge >= 0.3 is 11.9 Å². The summed E-state index contributed by atoms with van der Waals surface area (Å²) in [5.41, 5.74) is 0.136. The Bertz CT molecular complexity index is 1260. The third-order valence-corrected chi connectivity index (χ3v) is 8.09. The minimum atomic E-state index is -1.09. The number of rotatable bonds is 18. The van der Waals surface area contributed by atoms with Gasteiger partial charge in [0.15, 0.2) is 23.0 Å². The van der Waals surface area contributed by atoms with Crippen LogP contribution in [0.4, 0.5) is 0 Å². The molecule has 12 heteroatoms. The van der Waals surface area contributed by atoms with Gasteiger partial charge in [-0.1, -0.05) is 13.8 Å². The van der Waals surface area contributed by atoms with Crippen LogP contribution < -0.4 is 28.4 Å². The Morgan fingerprint density at radius 3 is 1.75 bits per heavy atom. The molecule has 0 aliphatic carbocycles. The summed E-state index contributed by atoms with van der Waals surface area (Å²) in [6, 6.07) is 4.60. The number of hydrogen-bond acceptors (Lipinski definition) is 11. The number of aromatic carboxylic acids is 1. The fourth-order valence-electron chi connectivity index (χ4n) is 5.17. The Morgan fingerprint density at radius 1 is 0.795 bits per heavy atom. The molecule has 44 heavy (non-hydrogen) atoms. The van der Waals surface area contributed by atoms with Gasteiger partial charge in [0.25, 0.3) is 0 Å². The molecule has 0 amide bonds. The maximum atomic E-state index is 13.1. The van der Waals surface area contributed by atoms with Gasteiger partial charge in [-0.3, -0.25) is 4.90 Å². The summed E-state index contributed by atoms with van der Waals surface area (Å²) >= 11 is 0. The van der Waals surface area contributed by atoms with Crippen LogP contribution in [0.3, 0.4) is 0 Å². The molecule has 0 radical (unpaired) electrons. The summed E-state index contributed by atoms with van der Waals surface area (Å²) in [6.45, 7) is 7.62. The molecule has 0 heterocycles. The lowest BCUT2D eigenvalue weighted by molar-refractivity contribution is 0.0196. The molecule has 0 aliphatic rings. The van der Waals surface area contributed by atoms with Crippen LogP contribution in [0, 0.1) is 0 Å². The van der Waals surface area contributed by atoms with Gasteiger partial charge in [-0.2, -0.15) is 0 Å². The lowest BCUT2D eigenvalue weighted by atomic mass is 9.83. The van der Waals surface area contributed by atoms with E-state index < -0.39 is 17.5 Å². The Hall–Kier alpha value is -3.90. The largest absolute Gasteiger partial charge is 0.493 e. The number of carboxylic acids is 1. The number of ether oxygens (including phenoxy) is 7. The summed E-state index contributed by atoms with van der Waals surface area (Å²) in [4.78, 5) is 29.7. The lowest BCUT2D eigenvalue weighted by Gasteiger charge is -2.41. The normalized spacial score (nSPS) is 13.2. The zero-order valence-electron chi connectivity index (χ0n) is 27.9. The van der Waals surface area contributed by atoms with E-state index in [1.54, 1.807) is 12.1 Å². The van der Waals surface area contributed by atoms with Gasteiger partial charge in [0.1, 0.15) is 6.10 Å². The number of hydrogen-bond donors (Lipinski definition) is 1. The van der Waals surface area contributed by atoms with Gasteiger partial charge in [0.05, 0.1) is 53.8 Å². The molecule has 0 unspecified atom stereocenters. The lowest BCUT2D eigenvalue weighted by Crippen LogP contribution is -2.46. The molecule has 2 aromatic carbocycles. The molecular formula is C32H48N2O10. The second kappa shape index (κ2) is 16.2.